The summed E-state index contributed by atoms with van der Waals surface area (Å²) >= 11 is 0. The van der Waals surface area contributed by atoms with E-state index in [1.807, 2.05) is 24.3 Å². The highest BCUT2D eigenvalue weighted by molar-refractivity contribution is 5.89. The van der Waals surface area contributed by atoms with Crippen LogP contribution in [0.2, 0.25) is 0 Å². The van der Waals surface area contributed by atoms with E-state index in [2.05, 4.69) is 21.5 Å². The fourth-order valence-corrected chi connectivity index (χ4v) is 4.32. The fraction of sp³-hybridized carbons (Fsp3) is 0.227. The lowest BCUT2D eigenvalue weighted by Gasteiger charge is -2.38. The molecule has 0 spiro atoms. The van der Waals surface area contributed by atoms with Crippen molar-refractivity contribution in [1.29, 1.82) is 0 Å². The quantitative estimate of drug-likeness (QED) is 0.739. The van der Waals surface area contributed by atoms with Gasteiger partial charge in [-0.05, 0) is 23.8 Å². The number of rotatable bonds is 3. The highest BCUT2D eigenvalue weighted by Gasteiger charge is 2.44. The van der Waals surface area contributed by atoms with E-state index in [9.17, 15) is 9.18 Å². The molecule has 6 nitrogen and oxygen atoms in total. The summed E-state index contributed by atoms with van der Waals surface area (Å²) < 4.78 is 20.6. The second kappa shape index (κ2) is 6.84. The van der Waals surface area contributed by atoms with Crippen molar-refractivity contribution in [3.8, 4) is 5.75 Å². The highest BCUT2D eigenvalue weighted by Crippen LogP contribution is 2.45. The van der Waals surface area contributed by atoms with Gasteiger partial charge in [-0.1, -0.05) is 36.4 Å². The number of para-hydroxylation sites is 1. The van der Waals surface area contributed by atoms with Crippen molar-refractivity contribution in [3.63, 3.8) is 0 Å². The molecule has 7 heteroatoms. The number of hydrogen-bond donors (Lipinski definition) is 1. The Kier molecular flexibility index (Phi) is 4.16. The number of ketones is 1. The highest BCUT2D eigenvalue weighted by atomic mass is 19.1. The number of carbonyl (C=O) groups excluding carboxylic acids is 1. The average Bonchev–Trinajstić information content (AvgIpc) is 3.21. The first-order chi connectivity index (χ1) is 14.2. The third-order valence-electron chi connectivity index (χ3n) is 5.65. The van der Waals surface area contributed by atoms with Gasteiger partial charge in [-0.15, -0.1) is 0 Å². The van der Waals surface area contributed by atoms with E-state index >= 15 is 0 Å². The first-order valence-electron chi connectivity index (χ1n) is 9.45. The van der Waals surface area contributed by atoms with Gasteiger partial charge in [-0.3, -0.25) is 4.79 Å². The molecule has 2 aromatic carbocycles. The molecule has 0 saturated heterocycles. The fourth-order valence-electron chi connectivity index (χ4n) is 4.32. The Labute approximate surface area is 167 Å². The van der Waals surface area contributed by atoms with Gasteiger partial charge < -0.3 is 10.1 Å². The molecule has 5 rings (SSSR count). The number of methoxy groups -OCH3 is 1. The minimum absolute atomic E-state index is 0.0985. The average molecular weight is 390 g/mol. The van der Waals surface area contributed by atoms with E-state index in [0.717, 1.165) is 16.8 Å². The lowest BCUT2D eigenvalue weighted by atomic mass is 9.75. The maximum atomic E-state index is 13.3. The molecule has 146 valence electrons. The van der Waals surface area contributed by atoms with Gasteiger partial charge in [-0.25, -0.2) is 9.07 Å². The molecule has 3 aromatic rings. The lowest BCUT2D eigenvalue weighted by molar-refractivity contribution is -0.123. The van der Waals surface area contributed by atoms with Gasteiger partial charge in [0.05, 0.1) is 19.1 Å². The Hall–Kier alpha value is -3.48. The van der Waals surface area contributed by atoms with Gasteiger partial charge in [0.25, 0.3) is 0 Å². The van der Waals surface area contributed by atoms with Crippen molar-refractivity contribution in [1.82, 2.24) is 14.8 Å². The Morgan fingerprint density at radius 1 is 1.17 bits per heavy atom. The second-order valence-corrected chi connectivity index (χ2v) is 7.27. The largest absolute Gasteiger partial charge is 0.496 e. The molecule has 0 radical (unpaired) electrons. The third-order valence-corrected chi connectivity index (χ3v) is 5.65. The zero-order chi connectivity index (χ0) is 20.0. The summed E-state index contributed by atoms with van der Waals surface area (Å²) in [5.41, 5.74) is 2.59. The van der Waals surface area contributed by atoms with Crippen LogP contribution in [0, 0.1) is 11.7 Å². The first-order valence-corrected chi connectivity index (χ1v) is 9.45. The molecule has 1 aliphatic heterocycles. The van der Waals surface area contributed by atoms with Crippen molar-refractivity contribution in [2.75, 3.05) is 12.4 Å². The van der Waals surface area contributed by atoms with Crippen LogP contribution in [0.5, 0.6) is 5.75 Å². The van der Waals surface area contributed by atoms with E-state index in [1.165, 1.54) is 18.5 Å². The number of benzene rings is 2. The van der Waals surface area contributed by atoms with Gasteiger partial charge in [0.2, 0.25) is 5.95 Å². The smallest absolute Gasteiger partial charge is 0.226 e. The van der Waals surface area contributed by atoms with Gasteiger partial charge in [0.1, 0.15) is 23.7 Å². The van der Waals surface area contributed by atoms with Gasteiger partial charge >= 0.3 is 0 Å². The van der Waals surface area contributed by atoms with Gasteiger partial charge in [-0.2, -0.15) is 10.1 Å². The van der Waals surface area contributed by atoms with Crippen LogP contribution in [-0.4, -0.2) is 27.7 Å². The van der Waals surface area contributed by atoms with Crippen molar-refractivity contribution in [2.45, 2.75) is 18.4 Å². The number of hydrogen-bond acceptors (Lipinski definition) is 5. The molecular weight excluding hydrogens is 371 g/mol. The minimum atomic E-state index is -0.419. The number of fused-ring (bicyclic) bond motifs is 2. The molecular formula is C22H19FN4O2. The number of carbonyl (C=O) groups is 1. The SMILES string of the molecule is COc1ccccc1[C@@H]1[C@H]2C(=O)C[C@H](c3ccc(F)cc3)C=C2Nc2ncnn21. The van der Waals surface area contributed by atoms with Crippen LogP contribution in [-0.2, 0) is 4.79 Å². The summed E-state index contributed by atoms with van der Waals surface area (Å²) in [4.78, 5) is 17.6. The monoisotopic (exact) mass is 390 g/mol. The number of nitrogens with one attached hydrogen (secondary N) is 1. The summed E-state index contributed by atoms with van der Waals surface area (Å²) in [7, 11) is 1.62. The number of allylic oxidation sites excluding steroid dienone is 2. The third kappa shape index (κ3) is 2.90. The van der Waals surface area contributed by atoms with E-state index in [0.29, 0.717) is 18.1 Å². The molecule has 0 fully saturated rings. The summed E-state index contributed by atoms with van der Waals surface area (Å²) in [6.07, 6.45) is 3.88. The Bertz CT molecular complexity index is 1110. The van der Waals surface area contributed by atoms with Crippen LogP contribution in [0.1, 0.15) is 29.5 Å². The number of anilines is 1. The van der Waals surface area contributed by atoms with Crippen molar-refractivity contribution >= 4 is 11.7 Å². The van der Waals surface area contributed by atoms with Crippen LogP contribution in [0.25, 0.3) is 0 Å². The van der Waals surface area contributed by atoms with E-state index < -0.39 is 5.92 Å². The molecule has 0 unspecified atom stereocenters. The van der Waals surface area contributed by atoms with Crippen LogP contribution in [0.4, 0.5) is 10.3 Å². The van der Waals surface area contributed by atoms with E-state index in [4.69, 9.17) is 4.74 Å². The molecule has 2 aliphatic rings. The predicted octanol–water partition coefficient (Wildman–Crippen LogP) is 3.70. The van der Waals surface area contributed by atoms with Gasteiger partial charge in [0, 0.05) is 23.6 Å². The maximum Gasteiger partial charge on any atom is 0.226 e. The van der Waals surface area contributed by atoms with E-state index in [1.54, 1.807) is 23.9 Å². The van der Waals surface area contributed by atoms with Crippen LogP contribution in [0.3, 0.4) is 0 Å². The Morgan fingerprint density at radius 2 is 1.97 bits per heavy atom. The van der Waals surface area contributed by atoms with Crippen molar-refractivity contribution in [3.05, 3.63) is 83.6 Å². The summed E-state index contributed by atoms with van der Waals surface area (Å²) in [5.74, 6) is 0.555. The molecule has 1 aromatic heterocycles. The predicted molar refractivity (Wildman–Crippen MR) is 105 cm³/mol. The molecule has 2 heterocycles. The Morgan fingerprint density at radius 3 is 2.76 bits per heavy atom. The summed E-state index contributed by atoms with van der Waals surface area (Å²) in [6.45, 7) is 0. The molecule has 0 bridgehead atoms. The minimum Gasteiger partial charge on any atom is -0.496 e. The van der Waals surface area contributed by atoms with E-state index in [-0.39, 0.29) is 23.6 Å². The van der Waals surface area contributed by atoms with Crippen molar-refractivity contribution < 1.29 is 13.9 Å². The number of Topliss-reactive ketones (excluding diaryl/α,β-unsaturated/α-hetero) is 1. The number of ether oxygens (including phenoxy) is 1. The molecule has 3 atom stereocenters. The van der Waals surface area contributed by atoms with Crippen LogP contribution >= 0.6 is 0 Å². The van der Waals surface area contributed by atoms with Gasteiger partial charge in [0.15, 0.2) is 0 Å². The number of aromatic nitrogens is 3. The standard InChI is InChI=1S/C22H19FN4O2/c1-29-19-5-3-2-4-16(19)21-20-17(26-22-24-12-25-27(21)22)10-14(11-18(20)28)13-6-8-15(23)9-7-13/h2-10,12,14,20-21H,11H2,1H3,(H,24,25,26)/t14-,20-,21-/m1/s1. The maximum absolute atomic E-state index is 13.3. The van der Waals surface area contributed by atoms with Crippen LogP contribution < -0.4 is 10.1 Å². The number of nitrogens with zero attached hydrogens (tertiary/aromatic N) is 3. The second-order valence-electron chi connectivity index (χ2n) is 7.27. The molecule has 1 N–H and O–H groups in total. The Balaban J connectivity index is 1.62. The normalized spacial score (nSPS) is 22.9. The summed E-state index contributed by atoms with van der Waals surface area (Å²) in [6, 6.07) is 13.6. The molecule has 29 heavy (non-hydrogen) atoms. The zero-order valence-corrected chi connectivity index (χ0v) is 15.7. The number of halogens is 1. The molecule has 0 saturated carbocycles. The summed E-state index contributed by atoms with van der Waals surface area (Å²) in [5, 5.41) is 7.64. The molecule has 0 amide bonds. The van der Waals surface area contributed by atoms with Crippen LogP contribution in [0.15, 0.2) is 66.6 Å². The topological polar surface area (TPSA) is 69.0 Å². The first kappa shape index (κ1) is 17.6. The van der Waals surface area contributed by atoms with Crippen molar-refractivity contribution in [2.24, 2.45) is 5.92 Å². The molecule has 1 aliphatic carbocycles. The lowest BCUT2D eigenvalue weighted by Crippen LogP contribution is -2.40. The zero-order valence-electron chi connectivity index (χ0n) is 15.7.